The van der Waals surface area contributed by atoms with E-state index < -0.39 is 0 Å². The maximum atomic E-state index is 2.71. The molecule has 0 atom stereocenters. The number of anilines is 18. The lowest BCUT2D eigenvalue weighted by molar-refractivity contribution is 1.22. The third-order valence-corrected chi connectivity index (χ3v) is 28.5. The van der Waals surface area contributed by atoms with Crippen molar-refractivity contribution in [1.82, 2.24) is 0 Å². The Morgan fingerprint density at radius 1 is 0.210 bits per heavy atom. The van der Waals surface area contributed by atoms with E-state index in [1.165, 1.54) is 93.3 Å². The Hall–Kier alpha value is -14.5. The van der Waals surface area contributed by atoms with E-state index in [0.717, 1.165) is 125 Å². The van der Waals surface area contributed by atoms with Crippen molar-refractivity contribution < 1.29 is 0 Å². The summed E-state index contributed by atoms with van der Waals surface area (Å²) >= 11 is 5.65. The fourth-order valence-electron chi connectivity index (χ4n) is 20.0. The van der Waals surface area contributed by atoms with Gasteiger partial charge in [0.1, 0.15) is 0 Å². The van der Waals surface area contributed by atoms with Gasteiger partial charge in [-0.2, -0.15) is 0 Å². The van der Waals surface area contributed by atoms with E-state index in [0.29, 0.717) is 0 Å². The summed E-state index contributed by atoms with van der Waals surface area (Å²) in [4.78, 5) is 15.7. The first-order valence-electron chi connectivity index (χ1n) is 40.8. The van der Waals surface area contributed by atoms with Crippen LogP contribution in [0, 0.1) is 0 Å². The number of hydrogen-bond donors (Lipinski definition) is 0. The smallest absolute Gasteiger partial charge is 0.252 e. The summed E-state index contributed by atoms with van der Waals surface area (Å²) in [5.74, 6) is 0. The highest BCUT2D eigenvalue weighted by Gasteiger charge is 2.50. The van der Waals surface area contributed by atoms with Crippen LogP contribution in [0.1, 0.15) is 0 Å². The average molecular weight is 1570 g/mol. The highest BCUT2D eigenvalue weighted by atomic mass is 32.1. The Morgan fingerprint density at radius 2 is 0.546 bits per heavy atom. The van der Waals surface area contributed by atoms with Crippen LogP contribution in [0.5, 0.6) is 0 Å². The van der Waals surface area contributed by atoms with Crippen LogP contribution in [0.15, 0.2) is 413 Å². The molecule has 0 N–H and O–H groups in total. The van der Waals surface area contributed by atoms with Gasteiger partial charge in [0.25, 0.3) is 13.4 Å². The van der Waals surface area contributed by atoms with E-state index in [1.807, 2.05) is 34.0 Å². The maximum absolute atomic E-state index is 2.71. The number of fused-ring (bicyclic) bond motifs is 17. The number of para-hydroxylation sites is 7. The second-order valence-corrected chi connectivity index (χ2v) is 34.5. The number of nitrogens with zero attached hydrogens (tertiary/aromatic N) is 6. The Bertz CT molecular complexity index is 7630. The molecule has 4 aliphatic rings. The second-order valence-electron chi connectivity index (χ2n) is 31.3. The van der Waals surface area contributed by atoms with E-state index in [-0.39, 0.29) is 13.4 Å². The second kappa shape index (κ2) is 27.1. The zero-order valence-electron chi connectivity index (χ0n) is 64.3. The van der Waals surface area contributed by atoms with E-state index in [9.17, 15) is 0 Å². The molecule has 0 saturated carbocycles. The van der Waals surface area contributed by atoms with Crippen LogP contribution in [0.4, 0.5) is 102 Å². The van der Waals surface area contributed by atoms with Crippen molar-refractivity contribution in [3.8, 4) is 22.3 Å². The Balaban J connectivity index is 0.823. The minimum absolute atomic E-state index is 0.253. The molecule has 0 amide bonds. The minimum atomic E-state index is -0.275. The van der Waals surface area contributed by atoms with Gasteiger partial charge >= 0.3 is 0 Å². The highest BCUT2D eigenvalue weighted by molar-refractivity contribution is 7.27. The largest absolute Gasteiger partial charge is 0.311 e. The third kappa shape index (κ3) is 10.4. The van der Waals surface area contributed by atoms with Gasteiger partial charge in [0.15, 0.2) is 0 Å². The molecular formula is C108H68B2N6S3. The van der Waals surface area contributed by atoms with Crippen molar-refractivity contribution in [3.05, 3.63) is 413 Å². The fourth-order valence-corrected chi connectivity index (χ4v) is 23.7. The molecule has 0 radical (unpaired) electrons. The van der Waals surface area contributed by atoms with Gasteiger partial charge in [-0.3, -0.25) is 0 Å². The molecule has 21 aromatic rings. The van der Waals surface area contributed by atoms with Gasteiger partial charge in [-0.25, -0.2) is 0 Å². The van der Waals surface area contributed by atoms with Crippen LogP contribution < -0.4 is 62.2 Å². The quantitative estimate of drug-likeness (QED) is 0.113. The van der Waals surface area contributed by atoms with Crippen molar-refractivity contribution in [1.29, 1.82) is 0 Å². The third-order valence-electron chi connectivity index (χ3n) is 24.9. The molecule has 6 nitrogen and oxygen atoms in total. The van der Waals surface area contributed by atoms with Gasteiger partial charge in [-0.15, -0.1) is 34.0 Å². The molecule has 0 fully saturated rings. The van der Waals surface area contributed by atoms with Crippen molar-refractivity contribution >= 4 is 243 Å². The lowest BCUT2D eigenvalue weighted by atomic mass is 9.30. The molecule has 0 bridgehead atoms. The number of benzene rings is 18. The molecule has 25 rings (SSSR count). The van der Waals surface area contributed by atoms with Gasteiger partial charge in [0.2, 0.25) is 0 Å². The molecule has 3 aromatic heterocycles. The van der Waals surface area contributed by atoms with Crippen LogP contribution in [-0.2, 0) is 0 Å². The molecule has 0 unspecified atom stereocenters. The number of rotatable bonds is 12. The average Bonchev–Trinajstić information content (AvgIpc) is 1.02. The molecule has 7 heterocycles. The van der Waals surface area contributed by atoms with Gasteiger partial charge in [0.05, 0.1) is 48.2 Å². The maximum Gasteiger partial charge on any atom is 0.252 e. The van der Waals surface area contributed by atoms with Crippen molar-refractivity contribution in [3.63, 3.8) is 0 Å². The number of thiophene rings is 3. The monoisotopic (exact) mass is 1570 g/mol. The number of hydrogen-bond acceptors (Lipinski definition) is 9. The van der Waals surface area contributed by atoms with Crippen molar-refractivity contribution in [2.24, 2.45) is 0 Å². The zero-order chi connectivity index (χ0) is 77.9. The molecule has 554 valence electrons. The topological polar surface area (TPSA) is 19.4 Å². The molecule has 0 aliphatic carbocycles. The molecule has 0 spiro atoms. The van der Waals surface area contributed by atoms with E-state index in [1.54, 1.807) is 0 Å². The standard InChI is InChI=1S/C108H68B2N6S3/c1-7-33-69(34-8-1)77-48-29-49-78(70-35-9-2-10-36-70)105(77)112(72-39-13-4-14-40-72)76-65-97-104-98(66-76)115(92-58-31-51-83-80-46-20-27-61-101(80)118-107(83)92)90-56-25-23-54-86(90)110(104)87-67-88-95(68-94(87)114(97)74-43-17-6-18-44-74)116(93-59-32-52-84-81-47-21-28-62-102(81)119-108(84)93)99-64-75(63-96-103(99)109(88)85-53-22-24-55-89(85)113(96)73-41-15-5-16-42-73)111(71-37-11-3-12-38-71)91-57-30-50-82-79-45-19-26-60-100(79)117-106(82)91/h1-68H. The predicted octanol–water partition coefficient (Wildman–Crippen LogP) is 27.2. The lowest BCUT2D eigenvalue weighted by Gasteiger charge is -2.48. The van der Waals surface area contributed by atoms with E-state index in [4.69, 9.17) is 0 Å². The summed E-state index contributed by atoms with van der Waals surface area (Å²) < 4.78 is 7.47. The van der Waals surface area contributed by atoms with Crippen LogP contribution in [0.2, 0.25) is 0 Å². The molecular weight excluding hydrogens is 1500 g/mol. The minimum Gasteiger partial charge on any atom is -0.311 e. The highest BCUT2D eigenvalue weighted by Crippen LogP contribution is 2.57. The Kier molecular flexibility index (Phi) is 15.4. The normalized spacial score (nSPS) is 12.9. The Labute approximate surface area is 701 Å². The fraction of sp³-hybridized carbons (Fsp3) is 0. The molecule has 119 heavy (non-hydrogen) atoms. The van der Waals surface area contributed by atoms with E-state index in [2.05, 4.69) is 442 Å². The first kappa shape index (κ1) is 67.8. The van der Waals surface area contributed by atoms with Gasteiger partial charge in [-0.1, -0.05) is 285 Å². The molecule has 18 aromatic carbocycles. The SMILES string of the molecule is c1ccc(-c2cccc(-c3ccccc3)c2N(c2ccccc2)c2cc3c4c(c2)N(c2cccc5c2sc2ccccc25)c2ccccc2B4c2cc4c(cc2N3c2ccccc2)N(c2cccc3c2sc2ccccc23)c2cc(N(c3ccccc3)c3cccc5c3sc3ccccc35)cc3c2B4c2ccccc2N3c2ccccc2)cc1. The molecule has 4 aliphatic heterocycles. The van der Waals surface area contributed by atoms with Crippen LogP contribution in [-0.4, -0.2) is 13.4 Å². The van der Waals surface area contributed by atoms with Crippen LogP contribution in [0.25, 0.3) is 82.8 Å². The molecule has 11 heteroatoms. The summed E-state index contributed by atoms with van der Waals surface area (Å²) in [6.45, 7) is -0.528. The summed E-state index contributed by atoms with van der Waals surface area (Å²) in [7, 11) is 0. The summed E-state index contributed by atoms with van der Waals surface area (Å²) in [5.41, 5.74) is 31.7. The van der Waals surface area contributed by atoms with E-state index >= 15 is 0 Å². The lowest BCUT2D eigenvalue weighted by Crippen LogP contribution is -2.65. The van der Waals surface area contributed by atoms with Crippen LogP contribution >= 0.6 is 34.0 Å². The first-order valence-corrected chi connectivity index (χ1v) is 43.2. The Morgan fingerprint density at radius 3 is 1.04 bits per heavy atom. The first-order chi connectivity index (χ1) is 59.1. The van der Waals surface area contributed by atoms with Gasteiger partial charge < -0.3 is 29.4 Å². The summed E-state index contributed by atoms with van der Waals surface area (Å²) in [5, 5.41) is 7.49. The van der Waals surface area contributed by atoms with Crippen molar-refractivity contribution in [2.75, 3.05) is 29.4 Å². The van der Waals surface area contributed by atoms with Gasteiger partial charge in [-0.05, 0) is 171 Å². The zero-order valence-corrected chi connectivity index (χ0v) is 66.8. The van der Waals surface area contributed by atoms with Crippen LogP contribution in [0.3, 0.4) is 0 Å². The summed E-state index contributed by atoms with van der Waals surface area (Å²) in [6.07, 6.45) is 0. The van der Waals surface area contributed by atoms with Crippen molar-refractivity contribution in [2.45, 2.75) is 0 Å². The summed E-state index contributed by atoms with van der Waals surface area (Å²) in [6, 6.07) is 155. The molecule has 0 saturated heterocycles. The van der Waals surface area contributed by atoms with Gasteiger partial charge in [0, 0.05) is 126 Å². The predicted molar refractivity (Wildman–Crippen MR) is 513 cm³/mol.